The summed E-state index contributed by atoms with van der Waals surface area (Å²) in [6, 6.07) is 15.9. The number of benzene rings is 2. The van der Waals surface area contributed by atoms with Crippen LogP contribution >= 0.6 is 11.3 Å². The van der Waals surface area contributed by atoms with Gasteiger partial charge in [0.1, 0.15) is 0 Å². The largest absolute Gasteiger partial charge is 0.387 e. The summed E-state index contributed by atoms with van der Waals surface area (Å²) < 4.78 is 27.8. The lowest BCUT2D eigenvalue weighted by Gasteiger charge is -2.12. The van der Waals surface area contributed by atoms with Crippen molar-refractivity contribution < 1.29 is 13.5 Å². The standard InChI is InChI=1S/C16H15NO3S2/c18-15(14-11-21-16-9-5-4-8-13(14)16)10-17-22(19,20)12-6-2-1-3-7-12/h1-9,11,15,17-18H,10H2. The number of sulfonamides is 1. The Labute approximate surface area is 133 Å². The molecule has 1 atom stereocenters. The highest BCUT2D eigenvalue weighted by Gasteiger charge is 2.18. The molecule has 0 radical (unpaired) electrons. The Hall–Kier alpha value is -1.73. The Balaban J connectivity index is 1.76. The van der Waals surface area contributed by atoms with Crippen molar-refractivity contribution in [1.82, 2.24) is 4.72 Å². The van der Waals surface area contributed by atoms with Crippen molar-refractivity contribution in [2.75, 3.05) is 6.54 Å². The van der Waals surface area contributed by atoms with Crippen molar-refractivity contribution in [2.45, 2.75) is 11.0 Å². The van der Waals surface area contributed by atoms with Crippen molar-refractivity contribution in [3.05, 3.63) is 65.5 Å². The molecule has 1 aromatic heterocycles. The number of hydrogen-bond acceptors (Lipinski definition) is 4. The first-order valence-corrected chi connectivity index (χ1v) is 9.13. The quantitative estimate of drug-likeness (QED) is 0.754. The molecule has 0 fully saturated rings. The van der Waals surface area contributed by atoms with Crippen molar-refractivity contribution in [3.63, 3.8) is 0 Å². The van der Waals surface area contributed by atoms with E-state index in [1.54, 1.807) is 18.2 Å². The van der Waals surface area contributed by atoms with Gasteiger partial charge < -0.3 is 5.11 Å². The van der Waals surface area contributed by atoms with E-state index in [0.717, 1.165) is 15.6 Å². The predicted octanol–water partition coefficient (Wildman–Crippen LogP) is 2.91. The lowest BCUT2D eigenvalue weighted by molar-refractivity contribution is 0.184. The van der Waals surface area contributed by atoms with E-state index in [-0.39, 0.29) is 11.4 Å². The summed E-state index contributed by atoms with van der Waals surface area (Å²) in [7, 11) is -3.61. The average molecular weight is 333 g/mol. The molecule has 0 saturated heterocycles. The van der Waals surface area contributed by atoms with Gasteiger partial charge >= 0.3 is 0 Å². The lowest BCUT2D eigenvalue weighted by atomic mass is 10.1. The van der Waals surface area contributed by atoms with Crippen LogP contribution in [0, 0.1) is 0 Å². The molecule has 3 aromatic rings. The number of aliphatic hydroxyl groups is 1. The Morgan fingerprint density at radius 2 is 1.73 bits per heavy atom. The molecule has 1 heterocycles. The van der Waals surface area contributed by atoms with E-state index in [0.29, 0.717) is 0 Å². The molecule has 4 nitrogen and oxygen atoms in total. The molecular weight excluding hydrogens is 318 g/mol. The van der Waals surface area contributed by atoms with Crippen molar-refractivity contribution in [2.24, 2.45) is 0 Å². The molecule has 114 valence electrons. The Kier molecular flexibility index (Phi) is 4.26. The maximum absolute atomic E-state index is 12.2. The van der Waals surface area contributed by atoms with E-state index >= 15 is 0 Å². The van der Waals surface area contributed by atoms with Crippen molar-refractivity contribution in [3.8, 4) is 0 Å². The van der Waals surface area contributed by atoms with Gasteiger partial charge in [-0.2, -0.15) is 0 Å². The fraction of sp³-hybridized carbons (Fsp3) is 0.125. The molecule has 0 aliphatic rings. The monoisotopic (exact) mass is 333 g/mol. The summed E-state index contributed by atoms with van der Waals surface area (Å²) in [6.45, 7) is -0.0576. The first-order chi connectivity index (χ1) is 10.6. The normalized spacial score (nSPS) is 13.3. The molecule has 0 spiro atoms. The molecule has 0 bridgehead atoms. The van der Waals surface area contributed by atoms with Crippen molar-refractivity contribution >= 4 is 31.4 Å². The molecule has 0 amide bonds. The highest BCUT2D eigenvalue weighted by molar-refractivity contribution is 7.89. The molecule has 3 rings (SSSR count). The van der Waals surface area contributed by atoms with E-state index in [1.807, 2.05) is 29.6 Å². The van der Waals surface area contributed by atoms with Gasteiger partial charge in [0, 0.05) is 16.8 Å². The minimum absolute atomic E-state index is 0.0576. The van der Waals surface area contributed by atoms with Gasteiger partial charge in [-0.25, -0.2) is 13.1 Å². The summed E-state index contributed by atoms with van der Waals surface area (Å²) in [5.74, 6) is 0. The summed E-state index contributed by atoms with van der Waals surface area (Å²) in [5, 5.41) is 13.1. The first-order valence-electron chi connectivity index (χ1n) is 6.77. The third-order valence-corrected chi connectivity index (χ3v) is 5.81. The predicted molar refractivity (Wildman–Crippen MR) is 88.4 cm³/mol. The third kappa shape index (κ3) is 3.05. The van der Waals surface area contributed by atoms with Gasteiger partial charge in [-0.3, -0.25) is 0 Å². The Morgan fingerprint density at radius 3 is 2.50 bits per heavy atom. The molecule has 2 aromatic carbocycles. The SMILES string of the molecule is O=S(=O)(NCC(O)c1csc2ccccc12)c1ccccc1. The van der Waals surface area contributed by atoms with Crippen LogP contribution in [-0.4, -0.2) is 20.1 Å². The maximum atomic E-state index is 12.2. The molecule has 1 unspecified atom stereocenters. The molecule has 2 N–H and O–H groups in total. The fourth-order valence-corrected chi connectivity index (χ4v) is 4.31. The van der Waals surface area contributed by atoms with Crippen LogP contribution in [0.1, 0.15) is 11.7 Å². The van der Waals surface area contributed by atoms with E-state index in [1.165, 1.54) is 23.5 Å². The minimum atomic E-state index is -3.61. The topological polar surface area (TPSA) is 66.4 Å². The maximum Gasteiger partial charge on any atom is 0.240 e. The minimum Gasteiger partial charge on any atom is -0.387 e. The van der Waals surface area contributed by atoms with Gasteiger partial charge in [-0.1, -0.05) is 36.4 Å². The van der Waals surface area contributed by atoms with Crippen LogP contribution in [0.15, 0.2) is 64.9 Å². The zero-order valence-corrected chi connectivity index (χ0v) is 13.3. The summed E-state index contributed by atoms with van der Waals surface area (Å²) >= 11 is 1.53. The van der Waals surface area contributed by atoms with E-state index < -0.39 is 16.1 Å². The van der Waals surface area contributed by atoms with Crippen LogP contribution in [0.3, 0.4) is 0 Å². The third-order valence-electron chi connectivity index (χ3n) is 3.39. The van der Waals surface area contributed by atoms with Gasteiger partial charge in [0.15, 0.2) is 0 Å². The van der Waals surface area contributed by atoms with Gasteiger partial charge in [0.25, 0.3) is 0 Å². The number of aliphatic hydroxyl groups excluding tert-OH is 1. The lowest BCUT2D eigenvalue weighted by Crippen LogP contribution is -2.28. The summed E-state index contributed by atoms with van der Waals surface area (Å²) in [4.78, 5) is 0.192. The molecule has 0 aliphatic heterocycles. The second-order valence-electron chi connectivity index (χ2n) is 4.87. The van der Waals surface area contributed by atoms with Gasteiger partial charge in [0.05, 0.1) is 11.0 Å². The van der Waals surface area contributed by atoms with Crippen LogP contribution in [-0.2, 0) is 10.0 Å². The van der Waals surface area contributed by atoms with Gasteiger partial charge in [-0.15, -0.1) is 11.3 Å². The number of nitrogens with one attached hydrogen (secondary N) is 1. The number of hydrogen-bond donors (Lipinski definition) is 2. The highest BCUT2D eigenvalue weighted by Crippen LogP contribution is 2.30. The van der Waals surface area contributed by atoms with E-state index in [4.69, 9.17) is 0 Å². The van der Waals surface area contributed by atoms with Crippen LogP contribution in [0.5, 0.6) is 0 Å². The zero-order valence-electron chi connectivity index (χ0n) is 11.6. The number of fused-ring (bicyclic) bond motifs is 1. The Bertz CT molecular complexity index is 873. The zero-order chi connectivity index (χ0) is 15.6. The Morgan fingerprint density at radius 1 is 1.05 bits per heavy atom. The molecule has 0 saturated carbocycles. The highest BCUT2D eigenvalue weighted by atomic mass is 32.2. The molecule has 22 heavy (non-hydrogen) atoms. The van der Waals surface area contributed by atoms with Crippen LogP contribution in [0.4, 0.5) is 0 Å². The average Bonchev–Trinajstić information content (AvgIpc) is 2.98. The van der Waals surface area contributed by atoms with Crippen LogP contribution < -0.4 is 4.72 Å². The molecular formula is C16H15NO3S2. The van der Waals surface area contributed by atoms with Crippen LogP contribution in [0.25, 0.3) is 10.1 Å². The van der Waals surface area contributed by atoms with Crippen molar-refractivity contribution in [1.29, 1.82) is 0 Å². The smallest absolute Gasteiger partial charge is 0.240 e. The summed E-state index contributed by atoms with van der Waals surface area (Å²) in [6.07, 6.45) is -0.880. The van der Waals surface area contributed by atoms with Crippen LogP contribution in [0.2, 0.25) is 0 Å². The molecule has 0 aliphatic carbocycles. The first kappa shape index (κ1) is 15.2. The molecule has 6 heteroatoms. The summed E-state index contributed by atoms with van der Waals surface area (Å²) in [5.41, 5.74) is 0.747. The van der Waals surface area contributed by atoms with E-state index in [2.05, 4.69) is 4.72 Å². The number of rotatable bonds is 5. The van der Waals surface area contributed by atoms with Gasteiger partial charge in [-0.05, 0) is 29.0 Å². The second kappa shape index (κ2) is 6.18. The van der Waals surface area contributed by atoms with E-state index in [9.17, 15) is 13.5 Å². The van der Waals surface area contributed by atoms with Gasteiger partial charge in [0.2, 0.25) is 10.0 Å². The fourth-order valence-electron chi connectivity index (χ4n) is 2.24. The second-order valence-corrected chi connectivity index (χ2v) is 7.55. The number of thiophene rings is 1.